The molecule has 0 unspecified atom stereocenters. The molecule has 0 saturated heterocycles. The number of oxazole rings is 1. The molecule has 0 bridgehead atoms. The van der Waals surface area contributed by atoms with E-state index in [0.717, 1.165) is 17.6 Å². The molecule has 17 heavy (non-hydrogen) atoms. The third kappa shape index (κ3) is 3.18. The van der Waals surface area contributed by atoms with Gasteiger partial charge in [-0.25, -0.2) is 4.79 Å². The number of benzene rings is 1. The molecule has 1 aromatic carbocycles. The molecule has 92 valence electrons. The molecule has 1 aromatic heterocycles. The van der Waals surface area contributed by atoms with E-state index < -0.39 is 5.76 Å². The Morgan fingerprint density at radius 1 is 1.47 bits per heavy atom. The van der Waals surface area contributed by atoms with Crippen LogP contribution in [-0.2, 0) is 6.54 Å². The molecule has 0 aliphatic heterocycles. The summed E-state index contributed by atoms with van der Waals surface area (Å²) >= 11 is 0. The van der Waals surface area contributed by atoms with E-state index >= 15 is 0 Å². The molecule has 0 amide bonds. The zero-order valence-corrected chi connectivity index (χ0v) is 10.0. The van der Waals surface area contributed by atoms with Crippen LogP contribution >= 0.6 is 0 Å². The number of hydrogen-bond donors (Lipinski definition) is 3. The zero-order valence-electron chi connectivity index (χ0n) is 10.0. The summed E-state index contributed by atoms with van der Waals surface area (Å²) in [6.45, 7) is 5.38. The van der Waals surface area contributed by atoms with E-state index in [1.807, 2.05) is 26.0 Å². The standard InChI is InChI=1S/C12H17N3O2/c1-12(2,13)7-14-6-8-3-4-10-9(5-8)15-11(16)17-10/h3-5,14H,6-7,13H2,1-2H3,(H,15,16). The van der Waals surface area contributed by atoms with Crippen LogP contribution < -0.4 is 16.8 Å². The number of hydrogen-bond acceptors (Lipinski definition) is 4. The highest BCUT2D eigenvalue weighted by Crippen LogP contribution is 2.12. The molecule has 0 radical (unpaired) electrons. The highest BCUT2D eigenvalue weighted by atomic mass is 16.4. The topological polar surface area (TPSA) is 84.0 Å². The van der Waals surface area contributed by atoms with Crippen LogP contribution in [0.4, 0.5) is 0 Å². The van der Waals surface area contributed by atoms with Crippen molar-refractivity contribution >= 4 is 11.1 Å². The molecule has 1 heterocycles. The van der Waals surface area contributed by atoms with Crippen LogP contribution in [0.2, 0.25) is 0 Å². The summed E-state index contributed by atoms with van der Waals surface area (Å²) in [5.41, 5.74) is 8.03. The van der Waals surface area contributed by atoms with Crippen LogP contribution in [0.15, 0.2) is 27.4 Å². The Morgan fingerprint density at radius 3 is 2.94 bits per heavy atom. The number of H-pyrrole nitrogens is 1. The maximum atomic E-state index is 11.0. The molecular weight excluding hydrogens is 218 g/mol. The smallest absolute Gasteiger partial charge is 0.408 e. The lowest BCUT2D eigenvalue weighted by atomic mass is 10.1. The van der Waals surface area contributed by atoms with Gasteiger partial charge < -0.3 is 15.5 Å². The quantitative estimate of drug-likeness (QED) is 0.736. The maximum Gasteiger partial charge on any atom is 0.417 e. The third-order valence-electron chi connectivity index (χ3n) is 2.39. The van der Waals surface area contributed by atoms with Crippen LogP contribution in [0.3, 0.4) is 0 Å². The molecule has 0 spiro atoms. The Labute approximate surface area is 99.0 Å². The van der Waals surface area contributed by atoms with Gasteiger partial charge in [0.1, 0.15) is 0 Å². The predicted molar refractivity (Wildman–Crippen MR) is 66.8 cm³/mol. The molecule has 0 atom stereocenters. The lowest BCUT2D eigenvalue weighted by Crippen LogP contribution is -2.42. The highest BCUT2D eigenvalue weighted by molar-refractivity contribution is 5.72. The van der Waals surface area contributed by atoms with Gasteiger partial charge >= 0.3 is 5.76 Å². The van der Waals surface area contributed by atoms with Gasteiger partial charge in [0.2, 0.25) is 0 Å². The highest BCUT2D eigenvalue weighted by Gasteiger charge is 2.09. The molecule has 0 aliphatic rings. The minimum absolute atomic E-state index is 0.228. The van der Waals surface area contributed by atoms with Crippen LogP contribution in [0.1, 0.15) is 19.4 Å². The van der Waals surface area contributed by atoms with Gasteiger partial charge in [0.05, 0.1) is 5.52 Å². The average molecular weight is 235 g/mol. The van der Waals surface area contributed by atoms with Crippen molar-refractivity contribution in [3.05, 3.63) is 34.3 Å². The number of nitrogens with two attached hydrogens (primary N) is 1. The molecule has 2 rings (SSSR count). The summed E-state index contributed by atoms with van der Waals surface area (Å²) in [5.74, 6) is -0.423. The van der Waals surface area contributed by atoms with E-state index in [0.29, 0.717) is 12.1 Å². The summed E-state index contributed by atoms with van der Waals surface area (Å²) in [4.78, 5) is 13.6. The lowest BCUT2D eigenvalue weighted by molar-refractivity contribution is 0.466. The first kappa shape index (κ1) is 11.9. The number of rotatable bonds is 4. The minimum Gasteiger partial charge on any atom is -0.408 e. The van der Waals surface area contributed by atoms with E-state index in [1.54, 1.807) is 6.07 Å². The fourth-order valence-corrected chi connectivity index (χ4v) is 1.64. The van der Waals surface area contributed by atoms with E-state index in [1.165, 1.54) is 0 Å². The normalized spacial score (nSPS) is 12.2. The van der Waals surface area contributed by atoms with Gasteiger partial charge in [-0.1, -0.05) is 6.07 Å². The molecule has 2 aromatic rings. The second-order valence-electron chi connectivity index (χ2n) is 4.94. The van der Waals surface area contributed by atoms with E-state index in [-0.39, 0.29) is 5.54 Å². The van der Waals surface area contributed by atoms with E-state index in [4.69, 9.17) is 10.2 Å². The van der Waals surface area contributed by atoms with Crippen molar-refractivity contribution in [2.75, 3.05) is 6.54 Å². The van der Waals surface area contributed by atoms with Gasteiger partial charge in [-0.15, -0.1) is 0 Å². The van der Waals surface area contributed by atoms with Gasteiger partial charge in [0.25, 0.3) is 0 Å². The fraction of sp³-hybridized carbons (Fsp3) is 0.417. The third-order valence-corrected chi connectivity index (χ3v) is 2.39. The van der Waals surface area contributed by atoms with Crippen molar-refractivity contribution < 1.29 is 4.42 Å². The van der Waals surface area contributed by atoms with E-state index in [9.17, 15) is 4.79 Å². The maximum absolute atomic E-state index is 11.0. The van der Waals surface area contributed by atoms with Crippen LogP contribution in [0.25, 0.3) is 11.1 Å². The first-order valence-electron chi connectivity index (χ1n) is 5.55. The Bertz CT molecular complexity index is 563. The second kappa shape index (κ2) is 4.35. The van der Waals surface area contributed by atoms with Crippen molar-refractivity contribution in [1.82, 2.24) is 10.3 Å². The molecule has 5 nitrogen and oxygen atoms in total. The molecule has 0 fully saturated rings. The van der Waals surface area contributed by atoms with Crippen molar-refractivity contribution in [1.29, 1.82) is 0 Å². The van der Waals surface area contributed by atoms with Crippen LogP contribution in [-0.4, -0.2) is 17.1 Å². The number of aromatic amines is 1. The van der Waals surface area contributed by atoms with Gasteiger partial charge in [-0.05, 0) is 31.5 Å². The van der Waals surface area contributed by atoms with Gasteiger partial charge in [0, 0.05) is 18.6 Å². The van der Waals surface area contributed by atoms with Crippen LogP contribution in [0, 0.1) is 0 Å². The summed E-state index contributed by atoms with van der Waals surface area (Å²) in [6, 6.07) is 5.62. The Morgan fingerprint density at radius 2 is 2.24 bits per heavy atom. The van der Waals surface area contributed by atoms with Crippen molar-refractivity contribution in [3.8, 4) is 0 Å². The SMILES string of the molecule is CC(C)(N)CNCc1ccc2oc(=O)[nH]c2c1. The van der Waals surface area contributed by atoms with Crippen molar-refractivity contribution in [3.63, 3.8) is 0 Å². The lowest BCUT2D eigenvalue weighted by Gasteiger charge is -2.18. The number of nitrogens with one attached hydrogen (secondary N) is 2. The second-order valence-corrected chi connectivity index (χ2v) is 4.94. The predicted octanol–water partition coefficient (Wildman–Crippen LogP) is 0.948. The summed E-state index contributed by atoms with van der Waals surface area (Å²) in [5, 5.41) is 3.27. The Balaban J connectivity index is 2.06. The van der Waals surface area contributed by atoms with Crippen LogP contribution in [0.5, 0.6) is 0 Å². The van der Waals surface area contributed by atoms with Gasteiger partial charge in [-0.3, -0.25) is 4.98 Å². The average Bonchev–Trinajstić information content (AvgIpc) is 2.55. The largest absolute Gasteiger partial charge is 0.417 e. The molecule has 5 heteroatoms. The fourth-order valence-electron chi connectivity index (χ4n) is 1.64. The zero-order chi connectivity index (χ0) is 12.5. The van der Waals surface area contributed by atoms with E-state index in [2.05, 4.69) is 10.3 Å². The van der Waals surface area contributed by atoms with Crippen molar-refractivity contribution in [2.45, 2.75) is 25.9 Å². The Hall–Kier alpha value is -1.59. The molecule has 0 saturated carbocycles. The molecule has 0 aliphatic carbocycles. The molecular formula is C12H17N3O2. The summed E-state index contributed by atoms with van der Waals surface area (Å²) < 4.78 is 4.93. The molecule has 4 N–H and O–H groups in total. The summed E-state index contributed by atoms with van der Waals surface area (Å²) in [7, 11) is 0. The minimum atomic E-state index is -0.423. The Kier molecular flexibility index (Phi) is 3.04. The first-order chi connectivity index (χ1) is 7.94. The number of fused-ring (bicyclic) bond motifs is 1. The monoisotopic (exact) mass is 235 g/mol. The number of aromatic nitrogens is 1. The first-order valence-corrected chi connectivity index (χ1v) is 5.55. The summed E-state index contributed by atoms with van der Waals surface area (Å²) in [6.07, 6.45) is 0. The van der Waals surface area contributed by atoms with Gasteiger partial charge in [-0.2, -0.15) is 0 Å². The van der Waals surface area contributed by atoms with Crippen molar-refractivity contribution in [2.24, 2.45) is 5.73 Å². The van der Waals surface area contributed by atoms with Gasteiger partial charge in [0.15, 0.2) is 5.58 Å².